The third-order valence-corrected chi connectivity index (χ3v) is 3.48. The van der Waals surface area contributed by atoms with E-state index < -0.39 is 22.5 Å². The standard InChI is InChI=1S/C10H12N2O5S/c1-11-10(15)7-2-4-8(5-3-7)18(16,17)12-6-9(13)14/h2-5,12H,6H2,1H3,(H,11,15)(H,13,14). The van der Waals surface area contributed by atoms with Gasteiger partial charge in [-0.05, 0) is 24.3 Å². The summed E-state index contributed by atoms with van der Waals surface area (Å²) < 4.78 is 25.1. The maximum absolute atomic E-state index is 11.6. The van der Waals surface area contributed by atoms with Gasteiger partial charge < -0.3 is 10.4 Å². The molecule has 0 fully saturated rings. The molecule has 1 aromatic rings. The van der Waals surface area contributed by atoms with E-state index in [0.29, 0.717) is 5.56 Å². The van der Waals surface area contributed by atoms with Crippen LogP contribution in [-0.4, -0.2) is 39.0 Å². The molecule has 0 heterocycles. The molecule has 0 saturated carbocycles. The Balaban J connectivity index is 2.91. The highest BCUT2D eigenvalue weighted by atomic mass is 32.2. The fourth-order valence-corrected chi connectivity index (χ4v) is 2.14. The maximum atomic E-state index is 11.6. The smallest absolute Gasteiger partial charge is 0.318 e. The molecule has 0 aliphatic heterocycles. The number of carbonyl (C=O) groups is 2. The first-order valence-electron chi connectivity index (χ1n) is 4.90. The van der Waals surface area contributed by atoms with E-state index in [2.05, 4.69) is 5.32 Å². The summed E-state index contributed by atoms with van der Waals surface area (Å²) in [5.41, 5.74) is 0.315. The Bertz CT molecular complexity index is 550. The molecule has 98 valence electrons. The molecule has 0 bridgehead atoms. The topological polar surface area (TPSA) is 113 Å². The quantitative estimate of drug-likeness (QED) is 0.663. The molecule has 1 rings (SSSR count). The molecule has 0 spiro atoms. The van der Waals surface area contributed by atoms with E-state index >= 15 is 0 Å². The highest BCUT2D eigenvalue weighted by molar-refractivity contribution is 7.89. The fourth-order valence-electron chi connectivity index (χ4n) is 1.17. The number of amides is 1. The summed E-state index contributed by atoms with van der Waals surface area (Å²) in [6.45, 7) is -0.695. The second kappa shape index (κ2) is 5.61. The molecule has 7 nitrogen and oxygen atoms in total. The predicted molar refractivity (Wildman–Crippen MR) is 62.7 cm³/mol. The van der Waals surface area contributed by atoms with Crippen molar-refractivity contribution in [1.29, 1.82) is 0 Å². The van der Waals surface area contributed by atoms with Crippen LogP contribution in [0.5, 0.6) is 0 Å². The number of benzene rings is 1. The van der Waals surface area contributed by atoms with E-state index in [1.807, 2.05) is 4.72 Å². The average Bonchev–Trinajstić information content (AvgIpc) is 2.36. The molecule has 1 aromatic carbocycles. The van der Waals surface area contributed by atoms with Gasteiger partial charge in [0.1, 0.15) is 6.54 Å². The lowest BCUT2D eigenvalue weighted by Crippen LogP contribution is -2.29. The zero-order chi connectivity index (χ0) is 13.8. The third-order valence-electron chi connectivity index (χ3n) is 2.07. The number of rotatable bonds is 5. The number of hydrogen-bond donors (Lipinski definition) is 3. The Kier molecular flexibility index (Phi) is 4.40. The summed E-state index contributed by atoms with van der Waals surface area (Å²) in [7, 11) is -2.41. The molecule has 18 heavy (non-hydrogen) atoms. The summed E-state index contributed by atoms with van der Waals surface area (Å²) >= 11 is 0. The Labute approximate surface area is 104 Å². The predicted octanol–water partition coefficient (Wildman–Crippen LogP) is -0.591. The summed E-state index contributed by atoms with van der Waals surface area (Å²) in [4.78, 5) is 21.4. The van der Waals surface area contributed by atoms with Crippen LogP contribution < -0.4 is 10.0 Å². The van der Waals surface area contributed by atoms with Crippen molar-refractivity contribution in [1.82, 2.24) is 10.0 Å². The molecule has 1 amide bonds. The highest BCUT2D eigenvalue weighted by Crippen LogP contribution is 2.10. The monoisotopic (exact) mass is 272 g/mol. The normalized spacial score (nSPS) is 10.9. The summed E-state index contributed by atoms with van der Waals surface area (Å²) in [6, 6.07) is 5.14. The van der Waals surface area contributed by atoms with Crippen molar-refractivity contribution in [3.8, 4) is 0 Å². The Morgan fingerprint density at radius 1 is 1.22 bits per heavy atom. The summed E-state index contributed by atoms with van der Waals surface area (Å²) in [5.74, 6) is -1.61. The lowest BCUT2D eigenvalue weighted by atomic mass is 10.2. The van der Waals surface area contributed by atoms with Crippen LogP contribution in [0, 0.1) is 0 Å². The molecule has 0 aliphatic carbocycles. The minimum Gasteiger partial charge on any atom is -0.480 e. The van der Waals surface area contributed by atoms with Crippen molar-refractivity contribution in [2.24, 2.45) is 0 Å². The first kappa shape index (κ1) is 14.1. The third kappa shape index (κ3) is 3.54. The molecule has 0 saturated heterocycles. The minimum atomic E-state index is -3.87. The van der Waals surface area contributed by atoms with Gasteiger partial charge in [0, 0.05) is 12.6 Å². The van der Waals surface area contributed by atoms with Gasteiger partial charge in [0.2, 0.25) is 10.0 Å². The number of aliphatic carboxylic acids is 1. The number of hydrogen-bond acceptors (Lipinski definition) is 4. The van der Waals surface area contributed by atoms with Crippen LogP contribution in [-0.2, 0) is 14.8 Å². The van der Waals surface area contributed by atoms with Crippen LogP contribution in [0.3, 0.4) is 0 Å². The second-order valence-corrected chi connectivity index (χ2v) is 5.09. The molecule has 0 aliphatic rings. The van der Waals surface area contributed by atoms with Gasteiger partial charge >= 0.3 is 5.97 Å². The second-order valence-electron chi connectivity index (χ2n) is 3.32. The average molecular weight is 272 g/mol. The lowest BCUT2D eigenvalue weighted by molar-refractivity contribution is -0.135. The first-order chi connectivity index (χ1) is 8.36. The van der Waals surface area contributed by atoms with Gasteiger partial charge in [0.25, 0.3) is 5.91 Å². The van der Waals surface area contributed by atoms with Crippen LogP contribution in [0.4, 0.5) is 0 Å². The van der Waals surface area contributed by atoms with Gasteiger partial charge in [0.05, 0.1) is 4.90 Å². The van der Waals surface area contributed by atoms with Crippen molar-refractivity contribution in [3.63, 3.8) is 0 Å². The zero-order valence-corrected chi connectivity index (χ0v) is 10.3. The van der Waals surface area contributed by atoms with Gasteiger partial charge in [-0.2, -0.15) is 4.72 Å². The Morgan fingerprint density at radius 3 is 2.22 bits per heavy atom. The van der Waals surface area contributed by atoms with Gasteiger partial charge in [-0.3, -0.25) is 9.59 Å². The minimum absolute atomic E-state index is 0.101. The zero-order valence-electron chi connectivity index (χ0n) is 9.50. The Morgan fingerprint density at radius 2 is 1.78 bits per heavy atom. The number of carboxylic acid groups (broad SMARTS) is 1. The number of carbonyl (C=O) groups excluding carboxylic acids is 1. The molecule has 3 N–H and O–H groups in total. The van der Waals surface area contributed by atoms with Gasteiger partial charge in [-0.25, -0.2) is 8.42 Å². The van der Waals surface area contributed by atoms with Crippen LogP contribution in [0.25, 0.3) is 0 Å². The van der Waals surface area contributed by atoms with Crippen LogP contribution in [0.15, 0.2) is 29.2 Å². The van der Waals surface area contributed by atoms with Crippen LogP contribution >= 0.6 is 0 Å². The molecule has 0 atom stereocenters. The lowest BCUT2D eigenvalue weighted by Gasteiger charge is -2.05. The first-order valence-corrected chi connectivity index (χ1v) is 6.39. The molecule has 8 heteroatoms. The van der Waals surface area contributed by atoms with Crippen molar-refractivity contribution in [2.75, 3.05) is 13.6 Å². The van der Waals surface area contributed by atoms with E-state index in [1.165, 1.54) is 31.3 Å². The molecular weight excluding hydrogens is 260 g/mol. The van der Waals surface area contributed by atoms with E-state index in [9.17, 15) is 18.0 Å². The van der Waals surface area contributed by atoms with Crippen molar-refractivity contribution >= 4 is 21.9 Å². The largest absolute Gasteiger partial charge is 0.480 e. The summed E-state index contributed by atoms with van der Waals surface area (Å²) in [6.07, 6.45) is 0. The van der Waals surface area contributed by atoms with Crippen molar-refractivity contribution < 1.29 is 23.1 Å². The van der Waals surface area contributed by atoms with E-state index in [-0.39, 0.29) is 10.8 Å². The van der Waals surface area contributed by atoms with Crippen LogP contribution in [0.2, 0.25) is 0 Å². The van der Waals surface area contributed by atoms with E-state index in [1.54, 1.807) is 0 Å². The summed E-state index contributed by atoms with van der Waals surface area (Å²) in [5, 5.41) is 10.8. The van der Waals surface area contributed by atoms with Gasteiger partial charge in [-0.1, -0.05) is 0 Å². The number of sulfonamides is 1. The SMILES string of the molecule is CNC(=O)c1ccc(S(=O)(=O)NCC(=O)O)cc1. The fraction of sp³-hybridized carbons (Fsp3) is 0.200. The number of carboxylic acids is 1. The number of nitrogens with one attached hydrogen (secondary N) is 2. The van der Waals surface area contributed by atoms with Gasteiger partial charge in [0.15, 0.2) is 0 Å². The van der Waals surface area contributed by atoms with E-state index in [4.69, 9.17) is 5.11 Å². The van der Waals surface area contributed by atoms with Crippen molar-refractivity contribution in [3.05, 3.63) is 29.8 Å². The Hall–Kier alpha value is -1.93. The maximum Gasteiger partial charge on any atom is 0.318 e. The highest BCUT2D eigenvalue weighted by Gasteiger charge is 2.15. The molecule has 0 radical (unpaired) electrons. The molecule has 0 unspecified atom stereocenters. The van der Waals surface area contributed by atoms with Crippen molar-refractivity contribution in [2.45, 2.75) is 4.90 Å². The van der Waals surface area contributed by atoms with Gasteiger partial charge in [-0.15, -0.1) is 0 Å². The molecule has 0 aromatic heterocycles. The van der Waals surface area contributed by atoms with E-state index in [0.717, 1.165) is 0 Å². The van der Waals surface area contributed by atoms with Crippen LogP contribution in [0.1, 0.15) is 10.4 Å². The molecular formula is C10H12N2O5S.